The van der Waals surface area contributed by atoms with E-state index in [1.807, 2.05) is 24.7 Å². The van der Waals surface area contributed by atoms with Crippen LogP contribution in [0.25, 0.3) is 10.2 Å². The lowest BCUT2D eigenvalue weighted by Crippen LogP contribution is -2.48. The van der Waals surface area contributed by atoms with Gasteiger partial charge in [0.25, 0.3) is 0 Å². The van der Waals surface area contributed by atoms with Gasteiger partial charge in [0.1, 0.15) is 11.3 Å². The molecule has 1 aliphatic heterocycles. The van der Waals surface area contributed by atoms with Crippen molar-refractivity contribution in [1.82, 2.24) is 19.5 Å². The molecular formula is C14H15N5S. The summed E-state index contributed by atoms with van der Waals surface area (Å²) in [5, 5.41) is 1.12. The number of thiazole rings is 1. The van der Waals surface area contributed by atoms with E-state index in [2.05, 4.69) is 37.5 Å². The van der Waals surface area contributed by atoms with Gasteiger partial charge < -0.3 is 9.47 Å². The molecule has 0 radical (unpaired) electrons. The highest BCUT2D eigenvalue weighted by Gasteiger charge is 2.29. The Labute approximate surface area is 120 Å². The van der Waals surface area contributed by atoms with E-state index in [0.29, 0.717) is 5.92 Å². The molecule has 0 aromatic carbocycles. The van der Waals surface area contributed by atoms with Gasteiger partial charge >= 0.3 is 0 Å². The first-order valence-electron chi connectivity index (χ1n) is 6.73. The summed E-state index contributed by atoms with van der Waals surface area (Å²) >= 11 is 1.75. The Morgan fingerprint density at radius 3 is 3.00 bits per heavy atom. The molecule has 1 fully saturated rings. The van der Waals surface area contributed by atoms with Crippen molar-refractivity contribution < 1.29 is 0 Å². The number of rotatable bonds is 3. The number of aromatic nitrogens is 4. The quantitative estimate of drug-likeness (QED) is 0.741. The maximum atomic E-state index is 4.65. The van der Waals surface area contributed by atoms with Crippen molar-refractivity contribution in [2.75, 3.05) is 18.0 Å². The molecule has 0 unspecified atom stereocenters. The Bertz CT molecular complexity index is 708. The van der Waals surface area contributed by atoms with E-state index >= 15 is 0 Å². The number of nitrogens with zero attached hydrogens (tertiary/aromatic N) is 5. The number of anilines is 1. The maximum absolute atomic E-state index is 4.65. The average Bonchev–Trinajstić information content (AvgIpc) is 2.99. The fraction of sp³-hybridized carbons (Fsp3) is 0.357. The largest absolute Gasteiger partial charge is 0.347 e. The van der Waals surface area contributed by atoms with Crippen molar-refractivity contribution >= 4 is 26.7 Å². The number of hydrogen-bond acceptors (Lipinski definition) is 5. The molecule has 4 rings (SSSR count). The first kappa shape index (κ1) is 11.8. The summed E-state index contributed by atoms with van der Waals surface area (Å²) in [5.74, 6) is 1.78. The predicted octanol–water partition coefficient (Wildman–Crippen LogP) is 2.33. The molecule has 3 aromatic heterocycles. The van der Waals surface area contributed by atoms with Gasteiger partial charge in [-0.1, -0.05) is 11.3 Å². The van der Waals surface area contributed by atoms with Crippen LogP contribution in [0.15, 0.2) is 30.9 Å². The average molecular weight is 285 g/mol. The maximum Gasteiger partial charge on any atom is 0.186 e. The zero-order chi connectivity index (χ0) is 13.5. The lowest BCUT2D eigenvalue weighted by Gasteiger charge is -2.39. The zero-order valence-corrected chi connectivity index (χ0v) is 12.0. The third-order valence-electron chi connectivity index (χ3n) is 3.78. The van der Waals surface area contributed by atoms with Crippen molar-refractivity contribution in [3.63, 3.8) is 0 Å². The van der Waals surface area contributed by atoms with Gasteiger partial charge in [-0.2, -0.15) is 0 Å². The van der Waals surface area contributed by atoms with Crippen LogP contribution in [0.1, 0.15) is 5.82 Å². The van der Waals surface area contributed by atoms with Crippen LogP contribution in [0, 0.1) is 12.8 Å². The smallest absolute Gasteiger partial charge is 0.186 e. The predicted molar refractivity (Wildman–Crippen MR) is 80.1 cm³/mol. The molecule has 6 heteroatoms. The first-order chi connectivity index (χ1) is 9.79. The molecule has 3 aromatic rings. The van der Waals surface area contributed by atoms with E-state index in [4.69, 9.17) is 0 Å². The third kappa shape index (κ3) is 1.96. The third-order valence-corrected chi connectivity index (χ3v) is 4.88. The van der Waals surface area contributed by atoms with Crippen molar-refractivity contribution in [1.29, 1.82) is 0 Å². The van der Waals surface area contributed by atoms with Crippen molar-refractivity contribution in [2.24, 2.45) is 5.92 Å². The van der Waals surface area contributed by atoms with Gasteiger partial charge in [0.15, 0.2) is 5.13 Å². The number of fused-ring (bicyclic) bond motifs is 1. The monoisotopic (exact) mass is 285 g/mol. The van der Waals surface area contributed by atoms with Gasteiger partial charge in [-0.3, -0.25) is 4.98 Å². The highest BCUT2D eigenvalue weighted by molar-refractivity contribution is 7.22. The minimum atomic E-state index is 0.688. The van der Waals surface area contributed by atoms with Gasteiger partial charge in [-0.25, -0.2) is 9.97 Å². The number of aryl methyl sites for hydroxylation is 1. The second-order valence-electron chi connectivity index (χ2n) is 5.24. The van der Waals surface area contributed by atoms with E-state index in [9.17, 15) is 0 Å². The van der Waals surface area contributed by atoms with Crippen molar-refractivity contribution in [3.8, 4) is 0 Å². The molecule has 5 nitrogen and oxygen atoms in total. The molecule has 4 heterocycles. The molecular weight excluding hydrogens is 270 g/mol. The second-order valence-corrected chi connectivity index (χ2v) is 6.25. The number of imidazole rings is 1. The van der Waals surface area contributed by atoms with Gasteiger partial charge in [0.2, 0.25) is 0 Å². The van der Waals surface area contributed by atoms with Crippen LogP contribution in [0.2, 0.25) is 0 Å². The van der Waals surface area contributed by atoms with E-state index in [1.165, 1.54) is 4.70 Å². The second kappa shape index (κ2) is 4.56. The fourth-order valence-corrected chi connectivity index (χ4v) is 3.57. The van der Waals surface area contributed by atoms with E-state index in [0.717, 1.165) is 36.1 Å². The zero-order valence-electron chi connectivity index (χ0n) is 11.2. The Morgan fingerprint density at radius 1 is 1.35 bits per heavy atom. The molecule has 0 aliphatic carbocycles. The Morgan fingerprint density at radius 2 is 2.25 bits per heavy atom. The van der Waals surface area contributed by atoms with E-state index in [-0.39, 0.29) is 0 Å². The summed E-state index contributed by atoms with van der Waals surface area (Å²) in [5.41, 5.74) is 1.00. The van der Waals surface area contributed by atoms with Gasteiger partial charge in [-0.05, 0) is 13.0 Å². The molecule has 0 saturated carbocycles. The molecule has 0 atom stereocenters. The summed E-state index contributed by atoms with van der Waals surface area (Å²) in [6.07, 6.45) is 7.58. The topological polar surface area (TPSA) is 46.8 Å². The van der Waals surface area contributed by atoms with Crippen LogP contribution in [-0.4, -0.2) is 32.6 Å². The lowest BCUT2D eigenvalue weighted by atomic mass is 10.0. The molecule has 0 bridgehead atoms. The summed E-state index contributed by atoms with van der Waals surface area (Å²) in [7, 11) is 0. The van der Waals surface area contributed by atoms with Gasteiger partial charge in [0.05, 0.1) is 10.9 Å². The molecule has 1 saturated heterocycles. The van der Waals surface area contributed by atoms with Crippen molar-refractivity contribution in [3.05, 3.63) is 36.7 Å². The summed E-state index contributed by atoms with van der Waals surface area (Å²) in [6.45, 7) is 5.25. The molecule has 0 amide bonds. The Kier molecular flexibility index (Phi) is 2.70. The molecule has 1 aliphatic rings. The lowest BCUT2D eigenvalue weighted by molar-refractivity contribution is 0.354. The Balaban J connectivity index is 1.44. The highest BCUT2D eigenvalue weighted by Crippen LogP contribution is 2.32. The normalized spacial score (nSPS) is 15.8. The highest BCUT2D eigenvalue weighted by atomic mass is 32.1. The van der Waals surface area contributed by atoms with Crippen LogP contribution >= 0.6 is 11.3 Å². The van der Waals surface area contributed by atoms with Gasteiger partial charge in [0, 0.05) is 44.1 Å². The Hall–Kier alpha value is -1.95. The molecule has 20 heavy (non-hydrogen) atoms. The number of pyridine rings is 1. The van der Waals surface area contributed by atoms with Crippen LogP contribution in [-0.2, 0) is 6.54 Å². The number of hydrogen-bond donors (Lipinski definition) is 0. The fourth-order valence-electron chi connectivity index (χ4n) is 2.62. The first-order valence-corrected chi connectivity index (χ1v) is 7.54. The minimum Gasteiger partial charge on any atom is -0.347 e. The molecule has 0 spiro atoms. The molecule has 0 N–H and O–H groups in total. The van der Waals surface area contributed by atoms with Crippen LogP contribution in [0.4, 0.5) is 5.13 Å². The standard InChI is InChI=1S/C14H15N5S/c1-10-16-4-5-18(10)7-11-8-19(9-11)14-17-12-6-15-3-2-13(12)20-14/h2-6,11H,7-9H2,1H3. The van der Waals surface area contributed by atoms with E-state index in [1.54, 1.807) is 11.3 Å². The van der Waals surface area contributed by atoms with Gasteiger partial charge in [-0.15, -0.1) is 0 Å². The minimum absolute atomic E-state index is 0.688. The SMILES string of the molecule is Cc1nccn1CC1CN(c2nc3cnccc3s2)C1. The van der Waals surface area contributed by atoms with Crippen molar-refractivity contribution in [2.45, 2.75) is 13.5 Å². The van der Waals surface area contributed by atoms with Crippen LogP contribution in [0.3, 0.4) is 0 Å². The summed E-state index contributed by atoms with van der Waals surface area (Å²) in [4.78, 5) is 15.4. The van der Waals surface area contributed by atoms with Crippen LogP contribution < -0.4 is 4.90 Å². The van der Waals surface area contributed by atoms with E-state index < -0.39 is 0 Å². The summed E-state index contributed by atoms with van der Waals surface area (Å²) < 4.78 is 3.44. The van der Waals surface area contributed by atoms with Crippen LogP contribution in [0.5, 0.6) is 0 Å². The summed E-state index contributed by atoms with van der Waals surface area (Å²) in [6, 6.07) is 2.03. The molecule has 102 valence electrons.